The highest BCUT2D eigenvalue weighted by atomic mass is 79.9. The van der Waals surface area contributed by atoms with E-state index in [2.05, 4.69) is 21.0 Å². The molecule has 0 bridgehead atoms. The first-order valence-corrected chi connectivity index (χ1v) is 7.20. The summed E-state index contributed by atoms with van der Waals surface area (Å²) in [6.07, 6.45) is 1.54. The molecule has 0 saturated heterocycles. The molecule has 108 valence electrons. The first-order valence-electron chi connectivity index (χ1n) is 6.41. The summed E-state index contributed by atoms with van der Waals surface area (Å²) < 4.78 is 9.51. The molecule has 0 aliphatic carbocycles. The molecular formula is C14H18BrN3O2. The van der Waals surface area contributed by atoms with Crippen LogP contribution in [0.3, 0.4) is 0 Å². The quantitative estimate of drug-likeness (QED) is 0.860. The number of ether oxygens (including phenoxy) is 1. The summed E-state index contributed by atoms with van der Waals surface area (Å²) >= 11 is 3.36. The van der Waals surface area contributed by atoms with E-state index >= 15 is 0 Å². The Morgan fingerprint density at radius 1 is 1.25 bits per heavy atom. The molecule has 0 aliphatic rings. The van der Waals surface area contributed by atoms with Crippen molar-refractivity contribution in [3.05, 3.63) is 45.5 Å². The van der Waals surface area contributed by atoms with Gasteiger partial charge in [0.05, 0.1) is 24.4 Å². The molecule has 1 aromatic carbocycles. The van der Waals surface area contributed by atoms with E-state index in [1.54, 1.807) is 4.57 Å². The van der Waals surface area contributed by atoms with Crippen LogP contribution in [-0.2, 0) is 11.3 Å². The average molecular weight is 340 g/mol. The van der Waals surface area contributed by atoms with Crippen LogP contribution in [0.2, 0.25) is 0 Å². The van der Waals surface area contributed by atoms with Crippen molar-refractivity contribution in [2.75, 3.05) is 6.61 Å². The van der Waals surface area contributed by atoms with Crippen LogP contribution in [0.4, 0.5) is 0 Å². The summed E-state index contributed by atoms with van der Waals surface area (Å²) in [6, 6.07) is 7.44. The number of nitrogens with zero attached hydrogens (tertiary/aromatic N) is 3. The highest BCUT2D eigenvalue weighted by Gasteiger charge is 2.11. The minimum Gasteiger partial charge on any atom is -0.374 e. The van der Waals surface area contributed by atoms with Gasteiger partial charge in [0.1, 0.15) is 6.33 Å². The van der Waals surface area contributed by atoms with E-state index < -0.39 is 0 Å². The molecule has 0 saturated carbocycles. The second kappa shape index (κ2) is 5.93. The smallest absolute Gasteiger partial charge is 0.350 e. The van der Waals surface area contributed by atoms with Crippen LogP contribution < -0.4 is 5.69 Å². The van der Waals surface area contributed by atoms with Gasteiger partial charge in [0, 0.05) is 4.47 Å². The summed E-state index contributed by atoms with van der Waals surface area (Å²) in [4.78, 5) is 12.2. The van der Waals surface area contributed by atoms with Crippen LogP contribution in [0.15, 0.2) is 39.9 Å². The number of halogens is 1. The van der Waals surface area contributed by atoms with E-state index in [0.717, 1.165) is 10.2 Å². The Bertz CT molecular complexity index is 623. The maximum Gasteiger partial charge on any atom is 0.350 e. The Morgan fingerprint density at radius 3 is 2.50 bits per heavy atom. The van der Waals surface area contributed by atoms with Crippen molar-refractivity contribution in [1.29, 1.82) is 0 Å². The standard InChI is InChI=1S/C14H18BrN3O2/c1-14(2,3)20-9-8-17-10-16-18(13(17)19)12-6-4-11(15)5-7-12/h4-7,10H,8-9H2,1-3H3. The molecule has 0 spiro atoms. The molecule has 0 N–H and O–H groups in total. The maximum atomic E-state index is 12.2. The number of hydrogen-bond acceptors (Lipinski definition) is 3. The molecule has 0 amide bonds. The molecule has 0 fully saturated rings. The molecule has 0 unspecified atom stereocenters. The second-order valence-electron chi connectivity index (χ2n) is 5.46. The van der Waals surface area contributed by atoms with Gasteiger partial charge < -0.3 is 4.74 Å². The Hall–Kier alpha value is -1.40. The van der Waals surface area contributed by atoms with Crippen LogP contribution >= 0.6 is 15.9 Å². The molecule has 6 heteroatoms. The Kier molecular flexibility index (Phi) is 4.45. The fourth-order valence-electron chi connectivity index (χ4n) is 1.70. The first kappa shape index (κ1) is 15.0. The van der Waals surface area contributed by atoms with Crippen molar-refractivity contribution in [2.45, 2.75) is 32.9 Å². The zero-order valence-corrected chi connectivity index (χ0v) is 13.4. The van der Waals surface area contributed by atoms with Crippen molar-refractivity contribution in [1.82, 2.24) is 14.3 Å². The lowest BCUT2D eigenvalue weighted by atomic mass is 10.2. The van der Waals surface area contributed by atoms with E-state index in [9.17, 15) is 4.79 Å². The third-order valence-corrected chi connectivity index (χ3v) is 3.20. The van der Waals surface area contributed by atoms with Crippen LogP contribution in [0.5, 0.6) is 0 Å². The molecule has 2 aromatic rings. The number of rotatable bonds is 4. The minimum absolute atomic E-state index is 0.162. The Balaban J connectivity index is 2.11. The lowest BCUT2D eigenvalue weighted by Crippen LogP contribution is -2.27. The van der Waals surface area contributed by atoms with Gasteiger partial charge >= 0.3 is 5.69 Å². The van der Waals surface area contributed by atoms with Crippen LogP contribution in [0.1, 0.15) is 20.8 Å². The summed E-state index contributed by atoms with van der Waals surface area (Å²) in [5, 5.41) is 4.13. The highest BCUT2D eigenvalue weighted by Crippen LogP contribution is 2.12. The molecule has 5 nitrogen and oxygen atoms in total. The van der Waals surface area contributed by atoms with Gasteiger partial charge in [0.25, 0.3) is 0 Å². The molecule has 1 heterocycles. The molecule has 0 aliphatic heterocycles. The number of benzene rings is 1. The van der Waals surface area contributed by atoms with Crippen LogP contribution in [0, 0.1) is 0 Å². The summed E-state index contributed by atoms with van der Waals surface area (Å²) in [7, 11) is 0. The average Bonchev–Trinajstić information content (AvgIpc) is 2.71. The summed E-state index contributed by atoms with van der Waals surface area (Å²) in [5.41, 5.74) is 0.379. The van der Waals surface area contributed by atoms with Gasteiger partial charge in [-0.3, -0.25) is 4.57 Å². The normalized spacial score (nSPS) is 11.8. The Labute approximate surface area is 126 Å². The minimum atomic E-state index is -0.203. The SMILES string of the molecule is CC(C)(C)OCCn1cnn(-c2ccc(Br)cc2)c1=O. The fraction of sp³-hybridized carbons (Fsp3) is 0.429. The molecule has 1 aromatic heterocycles. The second-order valence-corrected chi connectivity index (χ2v) is 6.37. The van der Waals surface area contributed by atoms with Gasteiger partial charge in [0.15, 0.2) is 0 Å². The van der Waals surface area contributed by atoms with Gasteiger partial charge in [-0.2, -0.15) is 9.78 Å². The zero-order valence-electron chi connectivity index (χ0n) is 11.8. The van der Waals surface area contributed by atoms with Gasteiger partial charge in [-0.25, -0.2) is 4.79 Å². The van der Waals surface area contributed by atoms with Crippen molar-refractivity contribution >= 4 is 15.9 Å². The van der Waals surface area contributed by atoms with E-state index in [1.165, 1.54) is 11.0 Å². The van der Waals surface area contributed by atoms with Crippen molar-refractivity contribution in [2.24, 2.45) is 0 Å². The summed E-state index contributed by atoms with van der Waals surface area (Å²) in [6.45, 7) is 6.94. The molecule has 0 radical (unpaired) electrons. The molecule has 2 rings (SSSR count). The van der Waals surface area contributed by atoms with Crippen LogP contribution in [-0.4, -0.2) is 26.6 Å². The van der Waals surface area contributed by atoms with E-state index in [0.29, 0.717) is 13.2 Å². The van der Waals surface area contributed by atoms with Crippen molar-refractivity contribution < 1.29 is 4.74 Å². The topological polar surface area (TPSA) is 49.0 Å². The lowest BCUT2D eigenvalue weighted by Gasteiger charge is -2.19. The fourth-order valence-corrected chi connectivity index (χ4v) is 1.96. The lowest BCUT2D eigenvalue weighted by molar-refractivity contribution is -0.00715. The highest BCUT2D eigenvalue weighted by molar-refractivity contribution is 9.10. The molecule has 0 atom stereocenters. The predicted octanol–water partition coefficient (Wildman–Crippen LogP) is 2.61. The van der Waals surface area contributed by atoms with Gasteiger partial charge in [-0.15, -0.1) is 0 Å². The van der Waals surface area contributed by atoms with E-state index in [1.807, 2.05) is 45.0 Å². The van der Waals surface area contributed by atoms with Crippen molar-refractivity contribution in [3.63, 3.8) is 0 Å². The maximum absolute atomic E-state index is 12.2. The van der Waals surface area contributed by atoms with Gasteiger partial charge in [-0.05, 0) is 45.0 Å². The monoisotopic (exact) mass is 339 g/mol. The van der Waals surface area contributed by atoms with Crippen molar-refractivity contribution in [3.8, 4) is 5.69 Å². The molecular weight excluding hydrogens is 322 g/mol. The third kappa shape index (κ3) is 3.80. The van der Waals surface area contributed by atoms with Gasteiger partial charge in [0.2, 0.25) is 0 Å². The number of aromatic nitrogens is 3. The largest absolute Gasteiger partial charge is 0.374 e. The Morgan fingerprint density at radius 2 is 1.90 bits per heavy atom. The number of hydrogen-bond donors (Lipinski definition) is 0. The van der Waals surface area contributed by atoms with Crippen LogP contribution in [0.25, 0.3) is 5.69 Å². The zero-order chi connectivity index (χ0) is 14.8. The molecule has 20 heavy (non-hydrogen) atoms. The van der Waals surface area contributed by atoms with E-state index in [4.69, 9.17) is 4.74 Å². The first-order chi connectivity index (χ1) is 9.37. The van der Waals surface area contributed by atoms with E-state index in [-0.39, 0.29) is 11.3 Å². The third-order valence-electron chi connectivity index (χ3n) is 2.67. The summed E-state index contributed by atoms with van der Waals surface area (Å²) in [5.74, 6) is 0. The predicted molar refractivity (Wildman–Crippen MR) is 81.2 cm³/mol. The van der Waals surface area contributed by atoms with Gasteiger partial charge in [-0.1, -0.05) is 15.9 Å².